The van der Waals surface area contributed by atoms with E-state index < -0.39 is 0 Å². The number of carbonyl (C=O) groups excluding carboxylic acids is 2. The molecule has 0 aliphatic carbocycles. The molecule has 0 fully saturated rings. The molecule has 25 heavy (non-hydrogen) atoms. The van der Waals surface area contributed by atoms with E-state index in [-0.39, 0.29) is 11.8 Å². The zero-order valence-electron chi connectivity index (χ0n) is 14.6. The molecule has 126 valence electrons. The number of likely N-dealkylation sites (N-methyl/N-ethyl adjacent to an activating group) is 1. The standard InChI is InChI=1S/C21H20N2O2/c1-15(24)23-14-19(16-9-5-4-6-10-16)17-11-7-8-12-18(17)20(23)13-21(25)22(2)3/h4-14H,1-3H3/b20-13+. The minimum atomic E-state index is -0.160. The molecule has 0 aromatic heterocycles. The molecule has 0 bridgehead atoms. The predicted octanol–water partition coefficient (Wildman–Crippen LogP) is 3.37. The Balaban J connectivity index is 2.23. The summed E-state index contributed by atoms with van der Waals surface area (Å²) in [5.74, 6) is -0.298. The van der Waals surface area contributed by atoms with Crippen LogP contribution in [0.3, 0.4) is 0 Å². The fraction of sp³-hybridized carbons (Fsp3) is 0.143. The molecule has 2 aromatic rings. The Morgan fingerprint density at radius 1 is 0.920 bits per heavy atom. The Bertz CT molecular complexity index is 880. The van der Waals surface area contributed by atoms with Crippen molar-refractivity contribution in [1.82, 2.24) is 9.80 Å². The van der Waals surface area contributed by atoms with Crippen molar-refractivity contribution >= 4 is 23.1 Å². The largest absolute Gasteiger partial charge is 0.345 e. The van der Waals surface area contributed by atoms with E-state index in [2.05, 4.69) is 0 Å². The quantitative estimate of drug-likeness (QED) is 0.791. The third-order valence-corrected chi connectivity index (χ3v) is 4.14. The van der Waals surface area contributed by atoms with Gasteiger partial charge in [0.2, 0.25) is 11.8 Å². The molecule has 0 spiro atoms. The van der Waals surface area contributed by atoms with Gasteiger partial charge in [0, 0.05) is 44.4 Å². The number of carbonyl (C=O) groups is 2. The Morgan fingerprint density at radius 2 is 1.52 bits per heavy atom. The van der Waals surface area contributed by atoms with Crippen LogP contribution in [0.15, 0.2) is 66.9 Å². The first-order chi connectivity index (χ1) is 12.0. The summed E-state index contributed by atoms with van der Waals surface area (Å²) < 4.78 is 0. The van der Waals surface area contributed by atoms with Gasteiger partial charge in [0.25, 0.3) is 0 Å². The smallest absolute Gasteiger partial charge is 0.248 e. The van der Waals surface area contributed by atoms with E-state index in [4.69, 9.17) is 0 Å². The summed E-state index contributed by atoms with van der Waals surface area (Å²) in [6, 6.07) is 17.8. The Kier molecular flexibility index (Phi) is 4.52. The van der Waals surface area contributed by atoms with Crippen molar-refractivity contribution in [3.05, 3.63) is 83.6 Å². The van der Waals surface area contributed by atoms with E-state index >= 15 is 0 Å². The van der Waals surface area contributed by atoms with Crippen LogP contribution in [0.5, 0.6) is 0 Å². The molecular weight excluding hydrogens is 312 g/mol. The first kappa shape index (κ1) is 16.7. The van der Waals surface area contributed by atoms with Crippen molar-refractivity contribution in [2.75, 3.05) is 14.1 Å². The van der Waals surface area contributed by atoms with E-state index in [0.717, 1.165) is 22.3 Å². The minimum absolute atomic E-state index is 0.138. The Hall–Kier alpha value is -3.14. The zero-order valence-corrected chi connectivity index (χ0v) is 14.6. The summed E-state index contributed by atoms with van der Waals surface area (Å²) in [5, 5.41) is 0. The summed E-state index contributed by atoms with van der Waals surface area (Å²) in [4.78, 5) is 27.5. The van der Waals surface area contributed by atoms with Crippen LogP contribution in [0.25, 0.3) is 11.3 Å². The van der Waals surface area contributed by atoms with E-state index in [1.165, 1.54) is 17.9 Å². The molecule has 1 aliphatic heterocycles. The number of hydrogen-bond acceptors (Lipinski definition) is 2. The van der Waals surface area contributed by atoms with E-state index in [1.54, 1.807) is 19.0 Å². The molecule has 0 saturated heterocycles. The lowest BCUT2D eigenvalue weighted by Crippen LogP contribution is -2.28. The topological polar surface area (TPSA) is 40.6 Å². The number of rotatable bonds is 2. The van der Waals surface area contributed by atoms with E-state index in [0.29, 0.717) is 5.70 Å². The number of benzene rings is 2. The van der Waals surface area contributed by atoms with Crippen molar-refractivity contribution in [3.8, 4) is 0 Å². The van der Waals surface area contributed by atoms with Crippen molar-refractivity contribution in [2.45, 2.75) is 6.92 Å². The number of fused-ring (bicyclic) bond motifs is 1. The average Bonchev–Trinajstić information content (AvgIpc) is 2.62. The lowest BCUT2D eigenvalue weighted by molar-refractivity contribution is -0.123. The molecule has 0 radical (unpaired) electrons. The maximum absolute atomic E-state index is 12.3. The van der Waals surface area contributed by atoms with Gasteiger partial charge in [0.05, 0.1) is 5.70 Å². The number of hydrogen-bond donors (Lipinski definition) is 0. The lowest BCUT2D eigenvalue weighted by Gasteiger charge is -2.29. The molecule has 3 rings (SSSR count). The molecule has 0 unspecified atom stereocenters. The fourth-order valence-corrected chi connectivity index (χ4v) is 2.84. The molecule has 4 heteroatoms. The van der Waals surface area contributed by atoms with Crippen LogP contribution >= 0.6 is 0 Å². The first-order valence-electron chi connectivity index (χ1n) is 8.09. The molecule has 0 saturated carbocycles. The van der Waals surface area contributed by atoms with Crippen LogP contribution < -0.4 is 0 Å². The van der Waals surface area contributed by atoms with Gasteiger partial charge in [-0.3, -0.25) is 14.5 Å². The fourth-order valence-electron chi connectivity index (χ4n) is 2.84. The highest BCUT2D eigenvalue weighted by Gasteiger charge is 2.26. The maximum Gasteiger partial charge on any atom is 0.248 e. The molecular formula is C21H20N2O2. The van der Waals surface area contributed by atoms with Gasteiger partial charge in [-0.1, -0.05) is 54.6 Å². The average molecular weight is 332 g/mol. The number of amides is 2. The summed E-state index contributed by atoms with van der Waals surface area (Å²) in [6.45, 7) is 1.50. The van der Waals surface area contributed by atoms with E-state index in [1.807, 2.05) is 60.8 Å². The predicted molar refractivity (Wildman–Crippen MR) is 99.2 cm³/mol. The SMILES string of the molecule is CC(=O)N1C=C(c2ccccc2)c2ccccc2/C1=C\C(=O)N(C)C. The van der Waals surface area contributed by atoms with Crippen molar-refractivity contribution in [2.24, 2.45) is 0 Å². The van der Waals surface area contributed by atoms with Gasteiger partial charge >= 0.3 is 0 Å². The highest BCUT2D eigenvalue weighted by atomic mass is 16.2. The van der Waals surface area contributed by atoms with Gasteiger partial charge in [0.15, 0.2) is 0 Å². The van der Waals surface area contributed by atoms with Crippen LogP contribution in [0, 0.1) is 0 Å². The Morgan fingerprint density at radius 3 is 2.12 bits per heavy atom. The van der Waals surface area contributed by atoms with Crippen LogP contribution in [-0.2, 0) is 9.59 Å². The summed E-state index contributed by atoms with van der Waals surface area (Å²) in [6.07, 6.45) is 3.33. The first-order valence-corrected chi connectivity index (χ1v) is 8.09. The second kappa shape index (κ2) is 6.77. The Labute approximate surface area is 147 Å². The third kappa shape index (κ3) is 3.24. The molecule has 2 amide bonds. The lowest BCUT2D eigenvalue weighted by atomic mass is 9.89. The minimum Gasteiger partial charge on any atom is -0.345 e. The van der Waals surface area contributed by atoms with Gasteiger partial charge in [-0.2, -0.15) is 0 Å². The van der Waals surface area contributed by atoms with Crippen LogP contribution in [-0.4, -0.2) is 35.7 Å². The van der Waals surface area contributed by atoms with E-state index in [9.17, 15) is 9.59 Å². The van der Waals surface area contributed by atoms with Crippen molar-refractivity contribution in [1.29, 1.82) is 0 Å². The van der Waals surface area contributed by atoms with Crippen LogP contribution in [0.4, 0.5) is 0 Å². The van der Waals surface area contributed by atoms with Gasteiger partial charge in [-0.25, -0.2) is 0 Å². The third-order valence-electron chi connectivity index (χ3n) is 4.14. The molecule has 1 aliphatic rings. The van der Waals surface area contributed by atoms with Gasteiger partial charge in [-0.05, 0) is 11.1 Å². The monoisotopic (exact) mass is 332 g/mol. The van der Waals surface area contributed by atoms with Gasteiger partial charge in [0.1, 0.15) is 0 Å². The highest BCUT2D eigenvalue weighted by Crippen LogP contribution is 2.37. The van der Waals surface area contributed by atoms with Crippen LogP contribution in [0.1, 0.15) is 23.6 Å². The number of nitrogens with zero attached hydrogens (tertiary/aromatic N) is 2. The molecule has 4 nitrogen and oxygen atoms in total. The van der Waals surface area contributed by atoms with Crippen molar-refractivity contribution in [3.63, 3.8) is 0 Å². The van der Waals surface area contributed by atoms with Crippen molar-refractivity contribution < 1.29 is 9.59 Å². The molecule has 2 aromatic carbocycles. The molecule has 1 heterocycles. The maximum atomic E-state index is 12.3. The second-order valence-corrected chi connectivity index (χ2v) is 6.11. The normalized spacial score (nSPS) is 14.8. The van der Waals surface area contributed by atoms with Crippen LogP contribution in [0.2, 0.25) is 0 Å². The second-order valence-electron chi connectivity index (χ2n) is 6.11. The molecule has 0 N–H and O–H groups in total. The zero-order chi connectivity index (χ0) is 18.0. The summed E-state index contributed by atoms with van der Waals surface area (Å²) in [5.41, 5.74) is 4.46. The summed E-state index contributed by atoms with van der Waals surface area (Å²) >= 11 is 0. The highest BCUT2D eigenvalue weighted by molar-refractivity contribution is 6.03. The van der Waals surface area contributed by atoms with Gasteiger partial charge in [-0.15, -0.1) is 0 Å². The molecule has 0 atom stereocenters. The van der Waals surface area contributed by atoms with Gasteiger partial charge < -0.3 is 4.90 Å². The summed E-state index contributed by atoms with van der Waals surface area (Å²) in [7, 11) is 3.38.